The van der Waals surface area contributed by atoms with Gasteiger partial charge in [0.15, 0.2) is 17.0 Å². The summed E-state index contributed by atoms with van der Waals surface area (Å²) in [5.41, 5.74) is 4.82. The number of hydrogen-bond acceptors (Lipinski definition) is 4. The molecular weight excluding hydrogens is 436 g/mol. The van der Waals surface area contributed by atoms with Crippen LogP contribution in [-0.2, 0) is 6.54 Å². The van der Waals surface area contributed by atoms with E-state index in [2.05, 4.69) is 20.3 Å². The zero-order valence-electron chi connectivity index (χ0n) is 17.3. The minimum absolute atomic E-state index is 0.204. The second kappa shape index (κ2) is 7.72. The van der Waals surface area contributed by atoms with Gasteiger partial charge in [0.05, 0.1) is 12.2 Å². The van der Waals surface area contributed by atoms with Crippen molar-refractivity contribution in [2.75, 3.05) is 0 Å². The first-order valence-electron chi connectivity index (χ1n) is 10.4. The summed E-state index contributed by atoms with van der Waals surface area (Å²) >= 11 is 6.31. The summed E-state index contributed by atoms with van der Waals surface area (Å²) in [7, 11) is 0. The average molecular weight is 453 g/mol. The Kier molecular flexibility index (Phi) is 4.55. The van der Waals surface area contributed by atoms with E-state index in [1.807, 2.05) is 78.9 Å². The number of hydrogen-bond donors (Lipinski definition) is 2. The molecule has 3 aromatic carbocycles. The van der Waals surface area contributed by atoms with E-state index in [1.54, 1.807) is 4.68 Å². The maximum Gasteiger partial charge on any atom is 0.281 e. The molecule has 0 amide bonds. The third-order valence-corrected chi connectivity index (χ3v) is 5.84. The van der Waals surface area contributed by atoms with E-state index < -0.39 is 0 Å². The molecule has 0 aliphatic rings. The summed E-state index contributed by atoms with van der Waals surface area (Å²) in [6.45, 7) is 0.459. The number of aromatic nitrogens is 6. The minimum Gasteiger partial charge on any atom is -0.351 e. The molecule has 0 saturated heterocycles. The van der Waals surface area contributed by atoms with Gasteiger partial charge in [0.25, 0.3) is 5.56 Å². The lowest BCUT2D eigenvalue weighted by molar-refractivity contribution is 0.664. The lowest BCUT2D eigenvalue weighted by Gasteiger charge is -2.06. The Morgan fingerprint density at radius 1 is 0.909 bits per heavy atom. The van der Waals surface area contributed by atoms with Crippen molar-refractivity contribution >= 4 is 33.7 Å². The Balaban J connectivity index is 1.59. The van der Waals surface area contributed by atoms with Gasteiger partial charge in [-0.05, 0) is 29.3 Å². The molecule has 6 rings (SSSR count). The lowest BCUT2D eigenvalue weighted by atomic mass is 10.0. The summed E-state index contributed by atoms with van der Waals surface area (Å²) in [4.78, 5) is 24.0. The van der Waals surface area contributed by atoms with Crippen molar-refractivity contribution in [2.24, 2.45) is 0 Å². The minimum atomic E-state index is -0.343. The highest BCUT2D eigenvalue weighted by atomic mass is 35.5. The molecule has 8 heteroatoms. The third kappa shape index (κ3) is 3.39. The van der Waals surface area contributed by atoms with Crippen LogP contribution in [0.25, 0.3) is 44.7 Å². The van der Waals surface area contributed by atoms with E-state index in [0.717, 1.165) is 27.6 Å². The van der Waals surface area contributed by atoms with Gasteiger partial charge in [0, 0.05) is 21.5 Å². The Labute approximate surface area is 192 Å². The van der Waals surface area contributed by atoms with Crippen LogP contribution < -0.4 is 5.56 Å². The maximum absolute atomic E-state index is 12.9. The van der Waals surface area contributed by atoms with Gasteiger partial charge < -0.3 is 9.97 Å². The first-order valence-corrected chi connectivity index (χ1v) is 10.8. The maximum atomic E-state index is 12.9. The van der Waals surface area contributed by atoms with Gasteiger partial charge in [-0.1, -0.05) is 77.5 Å². The van der Waals surface area contributed by atoms with Crippen LogP contribution in [0.15, 0.2) is 83.7 Å². The molecule has 0 bridgehead atoms. The van der Waals surface area contributed by atoms with Gasteiger partial charge in [-0.2, -0.15) is 0 Å². The molecule has 0 unspecified atom stereocenters. The van der Waals surface area contributed by atoms with Gasteiger partial charge in [0.1, 0.15) is 0 Å². The summed E-state index contributed by atoms with van der Waals surface area (Å²) in [6.07, 6.45) is 0. The molecule has 160 valence electrons. The van der Waals surface area contributed by atoms with E-state index in [-0.39, 0.29) is 11.1 Å². The predicted octanol–water partition coefficient (Wildman–Crippen LogP) is 5.03. The molecule has 6 aromatic rings. The second-order valence-electron chi connectivity index (χ2n) is 7.75. The van der Waals surface area contributed by atoms with Gasteiger partial charge in [-0.3, -0.25) is 4.79 Å². The number of aromatic amines is 2. The number of nitrogens with zero attached hydrogens (tertiary/aromatic N) is 4. The van der Waals surface area contributed by atoms with E-state index in [1.165, 1.54) is 0 Å². The van der Waals surface area contributed by atoms with Crippen LogP contribution in [0.1, 0.15) is 5.56 Å². The Morgan fingerprint density at radius 3 is 2.45 bits per heavy atom. The smallest absolute Gasteiger partial charge is 0.281 e. The highest BCUT2D eigenvalue weighted by Gasteiger charge is 2.20. The van der Waals surface area contributed by atoms with E-state index in [0.29, 0.717) is 28.7 Å². The van der Waals surface area contributed by atoms with E-state index >= 15 is 0 Å². The first kappa shape index (κ1) is 19.5. The van der Waals surface area contributed by atoms with E-state index in [4.69, 9.17) is 16.6 Å². The van der Waals surface area contributed by atoms with Crippen LogP contribution in [-0.4, -0.2) is 29.9 Å². The number of fused-ring (bicyclic) bond motifs is 2. The molecule has 0 atom stereocenters. The molecule has 0 aliphatic heterocycles. The van der Waals surface area contributed by atoms with Crippen LogP contribution in [0.5, 0.6) is 0 Å². The summed E-state index contributed by atoms with van der Waals surface area (Å²) in [5.74, 6) is 0.412. The zero-order chi connectivity index (χ0) is 22.4. The Hall–Kier alpha value is -4.23. The fraction of sp³-hybridized carbons (Fsp3) is 0.0400. The SMILES string of the molecule is O=c1[nH]c(-c2[nH]c3ccc(Cl)cc3c2-c2ccccc2)nc2c1nnn2Cc1ccccc1. The molecule has 0 spiro atoms. The van der Waals surface area contributed by atoms with Crippen LogP contribution >= 0.6 is 11.6 Å². The highest BCUT2D eigenvalue weighted by molar-refractivity contribution is 6.31. The van der Waals surface area contributed by atoms with Crippen molar-refractivity contribution in [1.29, 1.82) is 0 Å². The number of rotatable bonds is 4. The number of benzene rings is 3. The van der Waals surface area contributed by atoms with Crippen molar-refractivity contribution < 1.29 is 0 Å². The van der Waals surface area contributed by atoms with Crippen molar-refractivity contribution in [3.8, 4) is 22.6 Å². The van der Waals surface area contributed by atoms with Crippen LogP contribution in [0.4, 0.5) is 0 Å². The first-order chi connectivity index (χ1) is 16.2. The third-order valence-electron chi connectivity index (χ3n) is 5.61. The van der Waals surface area contributed by atoms with Crippen LogP contribution in [0, 0.1) is 0 Å². The molecule has 3 heterocycles. The van der Waals surface area contributed by atoms with Crippen molar-refractivity contribution in [2.45, 2.75) is 6.54 Å². The quantitative estimate of drug-likeness (QED) is 0.392. The number of nitrogens with one attached hydrogen (secondary N) is 2. The summed E-state index contributed by atoms with van der Waals surface area (Å²) in [5, 5.41) is 9.82. The largest absolute Gasteiger partial charge is 0.351 e. The number of H-pyrrole nitrogens is 2. The van der Waals surface area contributed by atoms with Crippen molar-refractivity contribution in [3.05, 3.63) is 99.8 Å². The zero-order valence-corrected chi connectivity index (χ0v) is 18.0. The number of halogens is 1. The summed E-state index contributed by atoms with van der Waals surface area (Å²) in [6, 6.07) is 25.5. The molecule has 0 radical (unpaired) electrons. The van der Waals surface area contributed by atoms with E-state index in [9.17, 15) is 4.79 Å². The summed E-state index contributed by atoms with van der Waals surface area (Å²) < 4.78 is 1.64. The van der Waals surface area contributed by atoms with Gasteiger partial charge in [-0.25, -0.2) is 9.67 Å². The molecule has 0 aliphatic carbocycles. The average Bonchev–Trinajstić information content (AvgIpc) is 3.42. The Morgan fingerprint density at radius 2 is 1.67 bits per heavy atom. The van der Waals surface area contributed by atoms with Crippen LogP contribution in [0.3, 0.4) is 0 Å². The monoisotopic (exact) mass is 452 g/mol. The molecule has 0 fully saturated rings. The lowest BCUT2D eigenvalue weighted by Crippen LogP contribution is -2.11. The van der Waals surface area contributed by atoms with Gasteiger partial charge in [-0.15, -0.1) is 5.10 Å². The van der Waals surface area contributed by atoms with Crippen LogP contribution in [0.2, 0.25) is 5.02 Å². The predicted molar refractivity (Wildman–Crippen MR) is 129 cm³/mol. The fourth-order valence-electron chi connectivity index (χ4n) is 4.09. The second-order valence-corrected chi connectivity index (χ2v) is 8.19. The van der Waals surface area contributed by atoms with Crippen molar-refractivity contribution in [1.82, 2.24) is 29.9 Å². The molecule has 2 N–H and O–H groups in total. The van der Waals surface area contributed by atoms with Crippen molar-refractivity contribution in [3.63, 3.8) is 0 Å². The molecule has 0 saturated carbocycles. The standard InChI is InChI=1S/C25H17ClN6O/c26-17-11-12-19-18(13-17)20(16-9-5-2-6-10-16)21(27-19)23-28-24-22(25(33)29-23)30-31-32(24)14-15-7-3-1-4-8-15/h1-13,27H,14H2,(H,28,29,33). The molecule has 7 nitrogen and oxygen atoms in total. The molecule has 33 heavy (non-hydrogen) atoms. The topological polar surface area (TPSA) is 92.2 Å². The van der Waals surface area contributed by atoms with Gasteiger partial charge in [0.2, 0.25) is 0 Å². The van der Waals surface area contributed by atoms with Gasteiger partial charge >= 0.3 is 0 Å². The molecular formula is C25H17ClN6O. The fourth-order valence-corrected chi connectivity index (χ4v) is 4.27. The normalized spacial score (nSPS) is 11.4. The molecule has 3 aromatic heterocycles. The highest BCUT2D eigenvalue weighted by Crippen LogP contribution is 2.38. The Bertz CT molecular complexity index is 1670.